The third-order valence-electron chi connectivity index (χ3n) is 3.52. The van der Waals surface area contributed by atoms with Crippen LogP contribution < -0.4 is 5.14 Å². The zero-order valence-electron chi connectivity index (χ0n) is 12.5. The van der Waals surface area contributed by atoms with Crippen LogP contribution in [0.25, 0.3) is 22.4 Å². The van der Waals surface area contributed by atoms with Crippen molar-refractivity contribution in [2.45, 2.75) is 11.8 Å². The molecule has 0 unspecified atom stereocenters. The van der Waals surface area contributed by atoms with Gasteiger partial charge < -0.3 is 4.52 Å². The number of aromatic nitrogens is 1. The summed E-state index contributed by atoms with van der Waals surface area (Å²) in [6.45, 7) is 1.70. The average Bonchev–Trinajstić information content (AvgIpc) is 2.91. The maximum Gasteiger partial charge on any atom is 0.238 e. The molecule has 3 rings (SSSR count). The molecule has 124 valence electrons. The van der Waals surface area contributed by atoms with Crippen LogP contribution in [0.3, 0.4) is 0 Å². The molecule has 5 nitrogen and oxygen atoms in total. The van der Waals surface area contributed by atoms with Crippen LogP contribution in [-0.4, -0.2) is 13.6 Å². The van der Waals surface area contributed by atoms with Crippen LogP contribution in [0.4, 0.5) is 0 Å². The van der Waals surface area contributed by atoms with Crippen LogP contribution >= 0.6 is 23.2 Å². The van der Waals surface area contributed by atoms with E-state index in [2.05, 4.69) is 5.16 Å². The molecule has 0 saturated heterocycles. The Labute approximate surface area is 149 Å². The minimum Gasteiger partial charge on any atom is -0.360 e. The SMILES string of the molecule is Cc1onc(-c2ccc(Cl)c(Cl)c2)c1-c1ccccc1S(N)(=O)=O. The van der Waals surface area contributed by atoms with Crippen LogP contribution in [0.5, 0.6) is 0 Å². The lowest BCUT2D eigenvalue weighted by atomic mass is 9.99. The van der Waals surface area contributed by atoms with E-state index < -0.39 is 10.0 Å². The van der Waals surface area contributed by atoms with E-state index in [1.807, 2.05) is 0 Å². The fraction of sp³-hybridized carbons (Fsp3) is 0.0625. The summed E-state index contributed by atoms with van der Waals surface area (Å²) in [4.78, 5) is -0.00221. The zero-order chi connectivity index (χ0) is 17.5. The summed E-state index contributed by atoms with van der Waals surface area (Å²) in [7, 11) is -3.91. The maximum atomic E-state index is 11.9. The molecule has 8 heteroatoms. The van der Waals surface area contributed by atoms with Crippen molar-refractivity contribution in [1.29, 1.82) is 0 Å². The van der Waals surface area contributed by atoms with E-state index in [4.69, 9.17) is 32.9 Å². The number of primary sulfonamides is 1. The highest BCUT2D eigenvalue weighted by molar-refractivity contribution is 7.89. The minimum atomic E-state index is -3.91. The van der Waals surface area contributed by atoms with Gasteiger partial charge in [-0.3, -0.25) is 0 Å². The Kier molecular flexibility index (Phi) is 4.40. The van der Waals surface area contributed by atoms with Crippen LogP contribution in [0, 0.1) is 6.92 Å². The van der Waals surface area contributed by atoms with Crippen molar-refractivity contribution in [2.24, 2.45) is 5.14 Å². The van der Waals surface area contributed by atoms with Gasteiger partial charge in [-0.2, -0.15) is 0 Å². The fourth-order valence-corrected chi connectivity index (χ4v) is 3.49. The Morgan fingerprint density at radius 2 is 1.79 bits per heavy atom. The number of hydrogen-bond acceptors (Lipinski definition) is 4. The smallest absolute Gasteiger partial charge is 0.238 e. The van der Waals surface area contributed by atoms with Gasteiger partial charge in [0.2, 0.25) is 10.0 Å². The summed E-state index contributed by atoms with van der Waals surface area (Å²) in [5.41, 5.74) is 2.07. The zero-order valence-corrected chi connectivity index (χ0v) is 14.8. The van der Waals surface area contributed by atoms with Crippen LogP contribution in [-0.2, 0) is 10.0 Å². The first-order chi connectivity index (χ1) is 11.3. The molecule has 0 atom stereocenters. The molecule has 0 spiro atoms. The maximum absolute atomic E-state index is 11.9. The van der Waals surface area contributed by atoms with Crippen molar-refractivity contribution < 1.29 is 12.9 Å². The van der Waals surface area contributed by atoms with Gasteiger partial charge >= 0.3 is 0 Å². The Morgan fingerprint density at radius 3 is 2.46 bits per heavy atom. The van der Waals surface area contributed by atoms with Crippen LogP contribution in [0.15, 0.2) is 51.9 Å². The summed E-state index contributed by atoms with van der Waals surface area (Å²) in [5.74, 6) is 0.465. The first-order valence-corrected chi connectivity index (χ1v) is 9.13. The number of aryl methyl sites for hydroxylation is 1. The first-order valence-electron chi connectivity index (χ1n) is 6.83. The lowest BCUT2D eigenvalue weighted by molar-refractivity contribution is 0.400. The summed E-state index contributed by atoms with van der Waals surface area (Å²) in [5, 5.41) is 10.1. The van der Waals surface area contributed by atoms with Gasteiger partial charge in [0.25, 0.3) is 0 Å². The molecule has 0 fully saturated rings. The van der Waals surface area contributed by atoms with Gasteiger partial charge in [-0.15, -0.1) is 0 Å². The number of nitrogens with zero attached hydrogens (tertiary/aromatic N) is 1. The largest absolute Gasteiger partial charge is 0.360 e. The molecule has 0 radical (unpaired) electrons. The van der Waals surface area contributed by atoms with E-state index in [1.165, 1.54) is 6.07 Å². The summed E-state index contributed by atoms with van der Waals surface area (Å²) < 4.78 is 29.1. The lowest BCUT2D eigenvalue weighted by Gasteiger charge is -2.09. The Bertz CT molecular complexity index is 1030. The van der Waals surface area contributed by atoms with Gasteiger partial charge in [-0.1, -0.05) is 52.6 Å². The molecule has 0 aliphatic rings. The number of rotatable bonds is 3. The minimum absolute atomic E-state index is 0.00221. The van der Waals surface area contributed by atoms with Gasteiger partial charge in [0.15, 0.2) is 0 Å². The predicted octanol–water partition coefficient (Wildman–Crippen LogP) is 4.27. The molecule has 0 aliphatic carbocycles. The third-order valence-corrected chi connectivity index (χ3v) is 5.23. The highest BCUT2D eigenvalue weighted by Gasteiger charge is 2.23. The van der Waals surface area contributed by atoms with Crippen molar-refractivity contribution >= 4 is 33.2 Å². The van der Waals surface area contributed by atoms with E-state index in [0.29, 0.717) is 38.2 Å². The number of benzene rings is 2. The van der Waals surface area contributed by atoms with E-state index in [9.17, 15) is 8.42 Å². The molecule has 2 N–H and O–H groups in total. The summed E-state index contributed by atoms with van der Waals surface area (Å²) >= 11 is 12.0. The molecule has 0 saturated carbocycles. The van der Waals surface area contributed by atoms with E-state index in [0.717, 1.165) is 0 Å². The van der Waals surface area contributed by atoms with Crippen molar-refractivity contribution in [3.8, 4) is 22.4 Å². The molecule has 0 amide bonds. The van der Waals surface area contributed by atoms with Crippen molar-refractivity contribution in [3.05, 3.63) is 58.3 Å². The number of nitrogens with two attached hydrogens (primary N) is 1. The molecular formula is C16H12Cl2N2O3S. The predicted molar refractivity (Wildman–Crippen MR) is 93.5 cm³/mol. The van der Waals surface area contributed by atoms with Gasteiger partial charge in [-0.25, -0.2) is 13.6 Å². The van der Waals surface area contributed by atoms with Crippen molar-refractivity contribution in [1.82, 2.24) is 5.16 Å². The highest BCUT2D eigenvalue weighted by Crippen LogP contribution is 2.38. The molecule has 2 aromatic carbocycles. The molecule has 1 aromatic heterocycles. The van der Waals surface area contributed by atoms with E-state index >= 15 is 0 Å². The lowest BCUT2D eigenvalue weighted by Crippen LogP contribution is -2.13. The first kappa shape index (κ1) is 17.0. The third kappa shape index (κ3) is 3.06. The van der Waals surface area contributed by atoms with Gasteiger partial charge in [-0.05, 0) is 25.1 Å². The standard InChI is InChI=1S/C16H12Cl2N2O3S/c1-9-15(11-4-2-3-5-14(11)24(19,21)22)16(20-23-9)10-6-7-12(17)13(18)8-10/h2-8H,1H3,(H2,19,21,22). The van der Waals surface area contributed by atoms with Crippen LogP contribution in [0.2, 0.25) is 10.0 Å². The summed E-state index contributed by atoms with van der Waals surface area (Å²) in [6.07, 6.45) is 0. The molecule has 1 heterocycles. The monoisotopic (exact) mass is 382 g/mol. The number of sulfonamides is 1. The topological polar surface area (TPSA) is 86.2 Å². The number of halogens is 2. The second-order valence-electron chi connectivity index (χ2n) is 5.13. The van der Waals surface area contributed by atoms with Crippen molar-refractivity contribution in [3.63, 3.8) is 0 Å². The van der Waals surface area contributed by atoms with Gasteiger partial charge in [0.05, 0.1) is 20.5 Å². The second-order valence-corrected chi connectivity index (χ2v) is 7.48. The average molecular weight is 383 g/mol. The van der Waals surface area contributed by atoms with Crippen molar-refractivity contribution in [2.75, 3.05) is 0 Å². The normalized spacial score (nSPS) is 11.7. The quantitative estimate of drug-likeness (QED) is 0.732. The van der Waals surface area contributed by atoms with E-state index in [-0.39, 0.29) is 4.90 Å². The van der Waals surface area contributed by atoms with Gasteiger partial charge in [0.1, 0.15) is 11.5 Å². The number of hydrogen-bond donors (Lipinski definition) is 1. The Hall–Kier alpha value is -1.86. The fourth-order valence-electron chi connectivity index (χ4n) is 2.45. The molecule has 0 bridgehead atoms. The summed E-state index contributed by atoms with van der Waals surface area (Å²) in [6, 6.07) is 11.4. The second kappa shape index (κ2) is 6.22. The molecule has 0 aliphatic heterocycles. The molecule has 3 aromatic rings. The Balaban J connectivity index is 2.29. The highest BCUT2D eigenvalue weighted by atomic mass is 35.5. The van der Waals surface area contributed by atoms with E-state index in [1.54, 1.807) is 43.3 Å². The van der Waals surface area contributed by atoms with Crippen LogP contribution in [0.1, 0.15) is 5.76 Å². The Morgan fingerprint density at radius 1 is 1.08 bits per heavy atom. The molecule has 24 heavy (non-hydrogen) atoms. The molecular weight excluding hydrogens is 371 g/mol. The van der Waals surface area contributed by atoms with Gasteiger partial charge in [0, 0.05) is 11.1 Å².